The molecular formula is C8H16N2O. The maximum atomic E-state index is 11.0. The van der Waals surface area contributed by atoms with E-state index in [0.29, 0.717) is 5.57 Å². The summed E-state index contributed by atoms with van der Waals surface area (Å²) >= 11 is 0. The number of hydrazine groups is 1. The van der Waals surface area contributed by atoms with E-state index in [1.165, 1.54) is 0 Å². The van der Waals surface area contributed by atoms with E-state index in [2.05, 4.69) is 12.0 Å². The molecule has 0 aliphatic heterocycles. The average molecular weight is 156 g/mol. The maximum Gasteiger partial charge on any atom is 0.260 e. The largest absolute Gasteiger partial charge is 0.285 e. The molecule has 0 aliphatic carbocycles. The van der Waals surface area contributed by atoms with Crippen LogP contribution >= 0.6 is 0 Å². The molecule has 1 amide bonds. The third-order valence-electron chi connectivity index (χ3n) is 1.41. The Morgan fingerprint density at radius 2 is 1.91 bits per heavy atom. The zero-order valence-corrected chi connectivity index (χ0v) is 7.48. The molecule has 0 aromatic rings. The number of rotatable bonds is 4. The fourth-order valence-corrected chi connectivity index (χ4v) is 0.621. The van der Waals surface area contributed by atoms with Gasteiger partial charge in [-0.05, 0) is 6.92 Å². The van der Waals surface area contributed by atoms with Crippen molar-refractivity contribution in [3.63, 3.8) is 0 Å². The summed E-state index contributed by atoms with van der Waals surface area (Å²) in [4.78, 5) is 11.0. The second-order valence-electron chi connectivity index (χ2n) is 2.39. The van der Waals surface area contributed by atoms with Gasteiger partial charge in [-0.1, -0.05) is 20.4 Å². The Hall–Kier alpha value is -0.830. The molecule has 3 heteroatoms. The molecule has 0 heterocycles. The number of carbonyl (C=O) groups is 1. The van der Waals surface area contributed by atoms with Gasteiger partial charge in [0.15, 0.2) is 0 Å². The highest BCUT2D eigenvalue weighted by Crippen LogP contribution is 1.88. The normalized spacial score (nSPS) is 9.82. The van der Waals surface area contributed by atoms with Crippen LogP contribution in [0.1, 0.15) is 20.8 Å². The Balaban J connectivity index is 3.81. The van der Waals surface area contributed by atoms with Crippen molar-refractivity contribution in [2.24, 2.45) is 0 Å². The van der Waals surface area contributed by atoms with Crippen LogP contribution in [-0.2, 0) is 4.79 Å². The fourth-order valence-electron chi connectivity index (χ4n) is 0.621. The van der Waals surface area contributed by atoms with E-state index in [9.17, 15) is 4.79 Å². The first-order valence-electron chi connectivity index (χ1n) is 3.83. The summed E-state index contributed by atoms with van der Waals surface area (Å²) in [6, 6.07) is 0. The summed E-state index contributed by atoms with van der Waals surface area (Å²) in [7, 11) is 0. The van der Waals surface area contributed by atoms with Crippen LogP contribution in [0.15, 0.2) is 12.2 Å². The molecule has 0 unspecified atom stereocenters. The first-order chi connectivity index (χ1) is 5.11. The summed E-state index contributed by atoms with van der Waals surface area (Å²) in [6.45, 7) is 10.8. The monoisotopic (exact) mass is 156 g/mol. The lowest BCUT2D eigenvalue weighted by atomic mass is 10.3. The minimum Gasteiger partial charge on any atom is -0.285 e. The van der Waals surface area contributed by atoms with Gasteiger partial charge in [0.05, 0.1) is 0 Å². The Morgan fingerprint density at radius 3 is 2.18 bits per heavy atom. The van der Waals surface area contributed by atoms with Gasteiger partial charge in [-0.2, -0.15) is 0 Å². The molecular weight excluding hydrogens is 140 g/mol. The molecule has 0 aliphatic rings. The second kappa shape index (κ2) is 4.91. The van der Waals surface area contributed by atoms with E-state index < -0.39 is 0 Å². The number of hydrogen-bond donors (Lipinski definition) is 1. The fraction of sp³-hybridized carbons (Fsp3) is 0.625. The molecule has 0 bridgehead atoms. The van der Waals surface area contributed by atoms with Crippen molar-refractivity contribution in [3.8, 4) is 0 Å². The summed E-state index contributed by atoms with van der Waals surface area (Å²) < 4.78 is 0. The molecule has 0 saturated carbocycles. The van der Waals surface area contributed by atoms with Crippen LogP contribution in [-0.4, -0.2) is 24.0 Å². The van der Waals surface area contributed by atoms with Gasteiger partial charge in [0.25, 0.3) is 5.91 Å². The van der Waals surface area contributed by atoms with Crippen molar-refractivity contribution in [1.82, 2.24) is 10.4 Å². The van der Waals surface area contributed by atoms with Gasteiger partial charge < -0.3 is 0 Å². The molecule has 0 spiro atoms. The maximum absolute atomic E-state index is 11.0. The molecule has 11 heavy (non-hydrogen) atoms. The first-order valence-corrected chi connectivity index (χ1v) is 3.83. The Kier molecular flexibility index (Phi) is 4.54. The third-order valence-corrected chi connectivity index (χ3v) is 1.41. The van der Waals surface area contributed by atoms with Crippen LogP contribution in [0.4, 0.5) is 0 Å². The SMILES string of the molecule is C=C(C)C(=O)NN(CC)CC. The van der Waals surface area contributed by atoms with Crippen molar-refractivity contribution in [2.75, 3.05) is 13.1 Å². The van der Waals surface area contributed by atoms with E-state index in [1.54, 1.807) is 6.92 Å². The van der Waals surface area contributed by atoms with Crippen LogP contribution in [0, 0.1) is 0 Å². The van der Waals surface area contributed by atoms with Gasteiger partial charge >= 0.3 is 0 Å². The molecule has 3 nitrogen and oxygen atoms in total. The van der Waals surface area contributed by atoms with Crippen LogP contribution in [0.5, 0.6) is 0 Å². The predicted octanol–water partition coefficient (Wildman–Crippen LogP) is 0.935. The molecule has 0 fully saturated rings. The second-order valence-corrected chi connectivity index (χ2v) is 2.39. The van der Waals surface area contributed by atoms with Gasteiger partial charge in [-0.3, -0.25) is 10.2 Å². The highest BCUT2D eigenvalue weighted by Gasteiger charge is 2.04. The minimum atomic E-state index is -0.103. The molecule has 0 rings (SSSR count). The van der Waals surface area contributed by atoms with Gasteiger partial charge in [-0.25, -0.2) is 5.01 Å². The van der Waals surface area contributed by atoms with E-state index >= 15 is 0 Å². The lowest BCUT2D eigenvalue weighted by Crippen LogP contribution is -2.42. The smallest absolute Gasteiger partial charge is 0.260 e. The number of nitrogens with zero attached hydrogens (tertiary/aromatic N) is 1. The Bertz CT molecular complexity index is 150. The van der Waals surface area contributed by atoms with Crippen molar-refractivity contribution in [3.05, 3.63) is 12.2 Å². The van der Waals surface area contributed by atoms with Crippen molar-refractivity contribution >= 4 is 5.91 Å². The van der Waals surface area contributed by atoms with Crippen molar-refractivity contribution in [1.29, 1.82) is 0 Å². The summed E-state index contributed by atoms with van der Waals surface area (Å²) in [5.41, 5.74) is 3.25. The highest BCUT2D eigenvalue weighted by molar-refractivity contribution is 5.91. The third kappa shape index (κ3) is 3.78. The molecule has 0 atom stereocenters. The topological polar surface area (TPSA) is 32.3 Å². The van der Waals surface area contributed by atoms with Crippen LogP contribution in [0.2, 0.25) is 0 Å². The van der Waals surface area contributed by atoms with E-state index in [1.807, 2.05) is 18.9 Å². The Morgan fingerprint density at radius 1 is 1.45 bits per heavy atom. The zero-order valence-electron chi connectivity index (χ0n) is 7.48. The molecule has 0 aromatic heterocycles. The van der Waals surface area contributed by atoms with Crippen LogP contribution in [0.25, 0.3) is 0 Å². The van der Waals surface area contributed by atoms with Gasteiger partial charge in [0.2, 0.25) is 0 Å². The first kappa shape index (κ1) is 10.2. The van der Waals surface area contributed by atoms with Crippen LogP contribution < -0.4 is 5.43 Å². The van der Waals surface area contributed by atoms with Crippen molar-refractivity contribution < 1.29 is 4.79 Å². The lowest BCUT2D eigenvalue weighted by molar-refractivity contribution is -0.121. The summed E-state index contributed by atoms with van der Waals surface area (Å²) in [6.07, 6.45) is 0. The van der Waals surface area contributed by atoms with Gasteiger partial charge in [0.1, 0.15) is 0 Å². The number of carbonyl (C=O) groups excluding carboxylic acids is 1. The summed E-state index contributed by atoms with van der Waals surface area (Å²) in [5.74, 6) is -0.103. The molecule has 1 N–H and O–H groups in total. The highest BCUT2D eigenvalue weighted by atomic mass is 16.2. The van der Waals surface area contributed by atoms with Gasteiger partial charge in [-0.15, -0.1) is 0 Å². The predicted molar refractivity (Wildman–Crippen MR) is 45.9 cm³/mol. The van der Waals surface area contributed by atoms with Crippen LogP contribution in [0.3, 0.4) is 0 Å². The van der Waals surface area contributed by atoms with Crippen molar-refractivity contribution in [2.45, 2.75) is 20.8 Å². The summed E-state index contributed by atoms with van der Waals surface area (Å²) in [5, 5.41) is 1.83. The average Bonchev–Trinajstić information content (AvgIpc) is 1.99. The molecule has 0 radical (unpaired) electrons. The van der Waals surface area contributed by atoms with E-state index in [4.69, 9.17) is 0 Å². The Labute approximate surface area is 68.0 Å². The number of nitrogens with one attached hydrogen (secondary N) is 1. The molecule has 64 valence electrons. The number of hydrogen-bond acceptors (Lipinski definition) is 2. The molecule has 0 aromatic carbocycles. The minimum absolute atomic E-state index is 0.103. The van der Waals surface area contributed by atoms with Gasteiger partial charge in [0, 0.05) is 18.7 Å². The standard InChI is InChI=1S/C8H16N2O/c1-5-10(6-2)9-8(11)7(3)4/h3,5-6H2,1-2,4H3,(H,9,11). The van der Waals surface area contributed by atoms with E-state index in [0.717, 1.165) is 13.1 Å². The molecule has 0 saturated heterocycles. The number of amides is 1. The quantitative estimate of drug-likeness (QED) is 0.485. The lowest BCUT2D eigenvalue weighted by Gasteiger charge is -2.18. The van der Waals surface area contributed by atoms with E-state index in [-0.39, 0.29) is 5.91 Å². The zero-order chi connectivity index (χ0) is 8.85.